The van der Waals surface area contributed by atoms with Gasteiger partial charge in [0.15, 0.2) is 0 Å². The Morgan fingerprint density at radius 3 is 2.07 bits per heavy atom. The van der Waals surface area contributed by atoms with E-state index in [1.54, 1.807) is 0 Å². The topological polar surface area (TPSA) is 48.0 Å². The average Bonchev–Trinajstić information content (AvgIpc) is 2.73. The Balaban J connectivity index is 1.45. The molecule has 0 atom stereocenters. The van der Waals surface area contributed by atoms with E-state index in [0.29, 0.717) is 13.2 Å². The van der Waals surface area contributed by atoms with Crippen molar-refractivity contribution in [3.63, 3.8) is 0 Å². The Labute approximate surface area is 160 Å². The quantitative estimate of drug-likeness (QED) is 0.502. The van der Waals surface area contributed by atoms with Crippen molar-refractivity contribution in [1.82, 2.24) is 4.90 Å². The SMILES string of the molecule is O=C(OCCOCCN1CCOCC1)C(c1ccccc1)c1ccccc1. The average molecular weight is 369 g/mol. The van der Waals surface area contributed by atoms with Gasteiger partial charge in [0.25, 0.3) is 0 Å². The van der Waals surface area contributed by atoms with E-state index >= 15 is 0 Å². The maximum atomic E-state index is 12.7. The lowest BCUT2D eigenvalue weighted by molar-refractivity contribution is -0.146. The summed E-state index contributed by atoms with van der Waals surface area (Å²) in [5.74, 6) is -0.662. The largest absolute Gasteiger partial charge is 0.463 e. The molecule has 0 saturated carbocycles. The zero-order valence-corrected chi connectivity index (χ0v) is 15.6. The minimum atomic E-state index is -0.416. The van der Waals surface area contributed by atoms with Gasteiger partial charge in [-0.3, -0.25) is 9.69 Å². The molecule has 144 valence electrons. The van der Waals surface area contributed by atoms with E-state index in [2.05, 4.69) is 4.90 Å². The number of hydrogen-bond acceptors (Lipinski definition) is 5. The highest BCUT2D eigenvalue weighted by atomic mass is 16.6. The number of morpholine rings is 1. The minimum absolute atomic E-state index is 0.246. The van der Waals surface area contributed by atoms with Crippen LogP contribution in [0.3, 0.4) is 0 Å². The first kappa shape index (κ1) is 19.5. The molecule has 0 spiro atoms. The number of hydrogen-bond donors (Lipinski definition) is 0. The first-order valence-corrected chi connectivity index (χ1v) is 9.49. The molecule has 0 N–H and O–H groups in total. The van der Waals surface area contributed by atoms with Gasteiger partial charge in [0, 0.05) is 19.6 Å². The van der Waals surface area contributed by atoms with Gasteiger partial charge in [0.1, 0.15) is 12.5 Å². The smallest absolute Gasteiger partial charge is 0.318 e. The Morgan fingerprint density at radius 2 is 1.48 bits per heavy atom. The van der Waals surface area contributed by atoms with E-state index in [1.165, 1.54) is 0 Å². The molecule has 1 saturated heterocycles. The first-order chi connectivity index (χ1) is 13.3. The Morgan fingerprint density at radius 1 is 0.889 bits per heavy atom. The van der Waals surface area contributed by atoms with E-state index in [-0.39, 0.29) is 12.6 Å². The Bertz CT molecular complexity index is 632. The molecule has 1 aliphatic rings. The highest BCUT2D eigenvalue weighted by Crippen LogP contribution is 2.25. The molecule has 0 amide bonds. The van der Waals surface area contributed by atoms with E-state index in [0.717, 1.165) is 44.0 Å². The summed E-state index contributed by atoms with van der Waals surface area (Å²) in [4.78, 5) is 15.0. The van der Waals surface area contributed by atoms with E-state index in [1.807, 2.05) is 60.7 Å². The molecule has 1 fully saturated rings. The van der Waals surface area contributed by atoms with Gasteiger partial charge < -0.3 is 14.2 Å². The van der Waals surface area contributed by atoms with Gasteiger partial charge in [-0.15, -0.1) is 0 Å². The molecule has 1 aliphatic heterocycles. The fraction of sp³-hybridized carbons (Fsp3) is 0.409. The molecular formula is C22H27NO4. The fourth-order valence-electron chi connectivity index (χ4n) is 3.16. The number of ether oxygens (including phenoxy) is 3. The predicted octanol–water partition coefficient (Wildman–Crippen LogP) is 2.71. The zero-order valence-electron chi connectivity index (χ0n) is 15.6. The van der Waals surface area contributed by atoms with Crippen LogP contribution in [0.15, 0.2) is 60.7 Å². The van der Waals surface area contributed by atoms with Gasteiger partial charge in [-0.2, -0.15) is 0 Å². The maximum Gasteiger partial charge on any atom is 0.318 e. The Hall–Kier alpha value is -2.21. The molecule has 0 aliphatic carbocycles. The molecule has 3 rings (SSSR count). The molecule has 5 heteroatoms. The number of esters is 1. The van der Waals surface area contributed by atoms with Crippen LogP contribution in [0, 0.1) is 0 Å². The molecule has 0 bridgehead atoms. The van der Waals surface area contributed by atoms with Crippen molar-refractivity contribution in [2.45, 2.75) is 5.92 Å². The number of nitrogens with zero attached hydrogens (tertiary/aromatic N) is 1. The number of rotatable bonds is 9. The molecule has 0 aromatic heterocycles. The van der Waals surface area contributed by atoms with E-state index in [9.17, 15) is 4.79 Å². The third-order valence-corrected chi connectivity index (χ3v) is 4.63. The summed E-state index contributed by atoms with van der Waals surface area (Å²) in [6.45, 7) is 5.68. The predicted molar refractivity (Wildman–Crippen MR) is 104 cm³/mol. The summed E-state index contributed by atoms with van der Waals surface area (Å²) < 4.78 is 16.5. The zero-order chi connectivity index (χ0) is 18.7. The lowest BCUT2D eigenvalue weighted by atomic mass is 9.91. The summed E-state index contributed by atoms with van der Waals surface area (Å²) in [7, 11) is 0. The minimum Gasteiger partial charge on any atom is -0.463 e. The van der Waals surface area contributed by atoms with Crippen molar-refractivity contribution < 1.29 is 19.0 Å². The van der Waals surface area contributed by atoms with Gasteiger partial charge in [-0.25, -0.2) is 0 Å². The van der Waals surface area contributed by atoms with Crippen molar-refractivity contribution in [1.29, 1.82) is 0 Å². The van der Waals surface area contributed by atoms with Crippen molar-refractivity contribution >= 4 is 5.97 Å². The second kappa shape index (κ2) is 10.8. The number of benzene rings is 2. The normalized spacial score (nSPS) is 15.0. The van der Waals surface area contributed by atoms with E-state index < -0.39 is 5.92 Å². The third-order valence-electron chi connectivity index (χ3n) is 4.63. The number of carbonyl (C=O) groups excluding carboxylic acids is 1. The van der Waals surface area contributed by atoms with Crippen LogP contribution in [0.2, 0.25) is 0 Å². The summed E-state index contributed by atoms with van der Waals surface area (Å²) in [5, 5.41) is 0. The highest BCUT2D eigenvalue weighted by Gasteiger charge is 2.23. The van der Waals surface area contributed by atoms with Gasteiger partial charge >= 0.3 is 5.97 Å². The van der Waals surface area contributed by atoms with Crippen LogP contribution >= 0.6 is 0 Å². The summed E-state index contributed by atoms with van der Waals surface area (Å²) in [6.07, 6.45) is 0. The molecular weight excluding hydrogens is 342 g/mol. The van der Waals surface area contributed by atoms with Crippen LogP contribution in [-0.4, -0.2) is 63.5 Å². The van der Waals surface area contributed by atoms with Crippen molar-refractivity contribution in [2.75, 3.05) is 52.7 Å². The fourth-order valence-corrected chi connectivity index (χ4v) is 3.16. The summed E-state index contributed by atoms with van der Waals surface area (Å²) >= 11 is 0. The highest BCUT2D eigenvalue weighted by molar-refractivity contribution is 5.82. The monoisotopic (exact) mass is 369 g/mol. The standard InChI is InChI=1S/C22H27NO4/c24-22(27-18-17-26-16-13-23-11-14-25-15-12-23)21(19-7-3-1-4-8-19)20-9-5-2-6-10-20/h1-10,21H,11-18H2. The second-order valence-corrected chi connectivity index (χ2v) is 6.49. The molecule has 0 radical (unpaired) electrons. The molecule has 5 nitrogen and oxygen atoms in total. The molecule has 27 heavy (non-hydrogen) atoms. The Kier molecular flexibility index (Phi) is 7.84. The van der Waals surface area contributed by atoms with Crippen molar-refractivity contribution in [3.8, 4) is 0 Å². The lowest BCUT2D eigenvalue weighted by Gasteiger charge is -2.26. The van der Waals surface area contributed by atoms with Crippen LogP contribution < -0.4 is 0 Å². The van der Waals surface area contributed by atoms with Crippen molar-refractivity contribution in [2.24, 2.45) is 0 Å². The van der Waals surface area contributed by atoms with Gasteiger partial charge in [-0.05, 0) is 11.1 Å². The van der Waals surface area contributed by atoms with Gasteiger partial charge in [0.2, 0.25) is 0 Å². The van der Waals surface area contributed by atoms with Crippen LogP contribution in [-0.2, 0) is 19.0 Å². The second-order valence-electron chi connectivity index (χ2n) is 6.49. The third kappa shape index (κ3) is 6.17. The molecule has 2 aromatic carbocycles. The van der Waals surface area contributed by atoms with Crippen molar-refractivity contribution in [3.05, 3.63) is 71.8 Å². The van der Waals surface area contributed by atoms with Crippen LogP contribution in [0.1, 0.15) is 17.0 Å². The first-order valence-electron chi connectivity index (χ1n) is 9.49. The molecule has 0 unspecified atom stereocenters. The molecule has 2 aromatic rings. The number of carbonyl (C=O) groups is 1. The van der Waals surface area contributed by atoms with Crippen LogP contribution in [0.5, 0.6) is 0 Å². The van der Waals surface area contributed by atoms with Crippen LogP contribution in [0.4, 0.5) is 0 Å². The van der Waals surface area contributed by atoms with Crippen LogP contribution in [0.25, 0.3) is 0 Å². The van der Waals surface area contributed by atoms with Gasteiger partial charge in [-0.1, -0.05) is 60.7 Å². The summed E-state index contributed by atoms with van der Waals surface area (Å²) in [6, 6.07) is 19.5. The lowest BCUT2D eigenvalue weighted by Crippen LogP contribution is -2.38. The molecule has 1 heterocycles. The summed E-state index contributed by atoms with van der Waals surface area (Å²) in [5.41, 5.74) is 1.86. The van der Waals surface area contributed by atoms with E-state index in [4.69, 9.17) is 14.2 Å². The van der Waals surface area contributed by atoms with Gasteiger partial charge in [0.05, 0.1) is 26.4 Å². The maximum absolute atomic E-state index is 12.7.